The number of nitrogens with one attached hydrogen (secondary N) is 1. The Kier molecular flexibility index (Phi) is 7.15. The maximum Gasteiger partial charge on any atom is 0.264 e. The molecule has 5 rings (SSSR count). The van der Waals surface area contributed by atoms with Crippen LogP contribution in [-0.4, -0.2) is 68.5 Å². The molecule has 39 heavy (non-hydrogen) atoms. The molecule has 2 aromatic rings. The predicted molar refractivity (Wildman–Crippen MR) is 149 cm³/mol. The SMILES string of the molecule is C[C@@H]1[C@@H]([Si](C)(C)F)[C@H](CC(=O)N2CCC[C@H]2CO)O[C@@]12C(=O)N(C)c1ccc(NC(=O)c3ccccc3)cc12. The number of anilines is 2. The Balaban J connectivity index is 1.50. The van der Waals surface area contributed by atoms with E-state index in [1.54, 1.807) is 67.5 Å². The van der Waals surface area contributed by atoms with Crippen LogP contribution in [0.5, 0.6) is 0 Å². The Morgan fingerprint density at radius 2 is 1.92 bits per heavy atom. The maximum absolute atomic E-state index is 16.0. The van der Waals surface area contributed by atoms with Gasteiger partial charge in [-0.15, -0.1) is 0 Å². The van der Waals surface area contributed by atoms with Gasteiger partial charge in [0.05, 0.1) is 30.9 Å². The molecule has 3 heterocycles. The number of halogens is 1. The maximum atomic E-state index is 16.0. The predicted octanol–water partition coefficient (Wildman–Crippen LogP) is 4.06. The van der Waals surface area contributed by atoms with Crippen molar-refractivity contribution in [1.82, 2.24) is 4.90 Å². The number of hydrogen-bond donors (Lipinski definition) is 2. The lowest BCUT2D eigenvalue weighted by atomic mass is 9.82. The molecule has 0 unspecified atom stereocenters. The minimum absolute atomic E-state index is 0.0512. The van der Waals surface area contributed by atoms with Crippen LogP contribution in [0, 0.1) is 5.92 Å². The third-order valence-electron chi connectivity index (χ3n) is 8.67. The minimum Gasteiger partial charge on any atom is -0.394 e. The molecule has 2 saturated heterocycles. The Morgan fingerprint density at radius 3 is 2.59 bits per heavy atom. The van der Waals surface area contributed by atoms with Gasteiger partial charge in [-0.1, -0.05) is 25.1 Å². The van der Waals surface area contributed by atoms with Crippen molar-refractivity contribution >= 4 is 37.5 Å². The fourth-order valence-corrected chi connectivity index (χ4v) is 9.36. The van der Waals surface area contributed by atoms with Crippen LogP contribution in [0.1, 0.15) is 42.1 Å². The van der Waals surface area contributed by atoms with Gasteiger partial charge < -0.3 is 29.1 Å². The summed E-state index contributed by atoms with van der Waals surface area (Å²) in [6.07, 6.45) is 0.702. The van der Waals surface area contributed by atoms with Gasteiger partial charge >= 0.3 is 0 Å². The van der Waals surface area contributed by atoms with E-state index in [1.165, 1.54) is 4.90 Å². The summed E-state index contributed by atoms with van der Waals surface area (Å²) >= 11 is 0. The molecule has 3 aliphatic rings. The summed E-state index contributed by atoms with van der Waals surface area (Å²) < 4.78 is 22.5. The van der Waals surface area contributed by atoms with Crippen LogP contribution in [0.15, 0.2) is 48.5 Å². The molecule has 10 heteroatoms. The van der Waals surface area contributed by atoms with Gasteiger partial charge in [0.1, 0.15) is 0 Å². The van der Waals surface area contributed by atoms with Crippen molar-refractivity contribution in [1.29, 1.82) is 0 Å². The zero-order chi connectivity index (χ0) is 28.1. The van der Waals surface area contributed by atoms with Gasteiger partial charge in [0, 0.05) is 41.9 Å². The Bertz CT molecular complexity index is 1290. The van der Waals surface area contributed by atoms with Crippen LogP contribution < -0.4 is 10.2 Å². The van der Waals surface area contributed by atoms with Crippen molar-refractivity contribution in [2.24, 2.45) is 5.92 Å². The molecule has 0 saturated carbocycles. The largest absolute Gasteiger partial charge is 0.394 e. The van der Waals surface area contributed by atoms with Gasteiger partial charge in [-0.3, -0.25) is 14.4 Å². The molecule has 3 amide bonds. The highest BCUT2D eigenvalue weighted by atomic mass is 28.4. The van der Waals surface area contributed by atoms with E-state index < -0.39 is 31.6 Å². The first-order valence-electron chi connectivity index (χ1n) is 13.5. The van der Waals surface area contributed by atoms with Gasteiger partial charge in [-0.2, -0.15) is 0 Å². The van der Waals surface area contributed by atoms with E-state index in [2.05, 4.69) is 5.32 Å². The quantitative estimate of drug-likeness (QED) is 0.415. The number of ether oxygens (including phenoxy) is 1. The number of likely N-dealkylation sites (N-methyl/N-ethyl adjacent to an activating group) is 1. The number of likely N-dealkylation sites (tertiary alicyclic amines) is 1. The second-order valence-electron chi connectivity index (χ2n) is 11.5. The fraction of sp³-hybridized carbons (Fsp3) is 0.483. The lowest BCUT2D eigenvalue weighted by Crippen LogP contribution is -2.44. The molecule has 0 radical (unpaired) electrons. The Labute approximate surface area is 229 Å². The number of rotatable bonds is 6. The van der Waals surface area contributed by atoms with Crippen LogP contribution in [0.2, 0.25) is 18.6 Å². The van der Waals surface area contributed by atoms with Crippen molar-refractivity contribution in [2.45, 2.75) is 62.6 Å². The Hall–Kier alpha value is -3.08. The lowest BCUT2D eigenvalue weighted by molar-refractivity contribution is -0.149. The highest BCUT2D eigenvalue weighted by Crippen LogP contribution is 2.60. The van der Waals surface area contributed by atoms with Gasteiger partial charge in [0.25, 0.3) is 11.8 Å². The standard InChI is InChI=1S/C29H36FN3O5Si/c1-18-26(39(3,4)30)24(16-25(35)33-14-8-11-21(33)17-34)38-29(18)22-15-20(12-13-23(22)32(2)28(29)37)31-27(36)19-9-6-5-7-10-19/h5-7,9-10,12-13,15,18,21,24,26,34H,8,11,14,16-17H2,1-4H3,(H,31,36)/t18-,21+,24+,26-,29+/m1/s1. The van der Waals surface area contributed by atoms with Crippen molar-refractivity contribution < 1.29 is 28.3 Å². The van der Waals surface area contributed by atoms with Crippen molar-refractivity contribution in [3.05, 3.63) is 59.7 Å². The van der Waals surface area contributed by atoms with E-state index >= 15 is 4.11 Å². The highest BCUT2D eigenvalue weighted by Gasteiger charge is 2.66. The number of nitrogens with zero attached hydrogens (tertiary/aromatic N) is 2. The summed E-state index contributed by atoms with van der Waals surface area (Å²) in [7, 11) is -1.76. The molecule has 2 N–H and O–H groups in total. The molecular formula is C29H36FN3O5Si. The van der Waals surface area contributed by atoms with Crippen molar-refractivity contribution in [3.8, 4) is 0 Å². The molecule has 8 nitrogen and oxygen atoms in total. The molecule has 0 aromatic heterocycles. The first-order chi connectivity index (χ1) is 18.5. The average molecular weight is 554 g/mol. The molecule has 5 atom stereocenters. The summed E-state index contributed by atoms with van der Waals surface area (Å²) in [6.45, 7) is 5.47. The summed E-state index contributed by atoms with van der Waals surface area (Å²) in [5.74, 6) is -1.31. The number of aliphatic hydroxyl groups is 1. The number of carbonyl (C=O) groups excluding carboxylic acids is 3. The number of fused-ring (bicyclic) bond motifs is 2. The average Bonchev–Trinajstić information content (AvgIpc) is 3.55. The molecule has 1 spiro atoms. The summed E-state index contributed by atoms with van der Waals surface area (Å²) in [5, 5.41) is 12.6. The number of benzene rings is 2. The second kappa shape index (κ2) is 10.1. The zero-order valence-corrected chi connectivity index (χ0v) is 23.8. The topological polar surface area (TPSA) is 99.2 Å². The third-order valence-corrected chi connectivity index (χ3v) is 11.1. The van der Waals surface area contributed by atoms with Crippen LogP contribution in [-0.2, 0) is 19.9 Å². The van der Waals surface area contributed by atoms with Crippen LogP contribution in [0.25, 0.3) is 0 Å². The first kappa shape index (κ1) is 27.5. The van der Waals surface area contributed by atoms with E-state index in [1.807, 2.05) is 13.0 Å². The molecule has 0 aliphatic carbocycles. The van der Waals surface area contributed by atoms with E-state index in [4.69, 9.17) is 4.74 Å². The fourth-order valence-electron chi connectivity index (χ4n) is 6.87. The van der Waals surface area contributed by atoms with E-state index in [9.17, 15) is 19.5 Å². The van der Waals surface area contributed by atoms with Gasteiger partial charge in [0.15, 0.2) is 5.60 Å². The van der Waals surface area contributed by atoms with Crippen molar-refractivity contribution in [2.75, 3.05) is 30.4 Å². The summed E-state index contributed by atoms with van der Waals surface area (Å²) in [6, 6.07) is 13.8. The Morgan fingerprint density at radius 1 is 1.21 bits per heavy atom. The first-order valence-corrected chi connectivity index (χ1v) is 16.5. The third kappa shape index (κ3) is 4.58. The molecule has 0 bridgehead atoms. The summed E-state index contributed by atoms with van der Waals surface area (Å²) in [5.41, 5.74) is 0.122. The van der Waals surface area contributed by atoms with Crippen LogP contribution >= 0.6 is 0 Å². The van der Waals surface area contributed by atoms with Gasteiger partial charge in [-0.05, 0) is 56.3 Å². The molecule has 3 aliphatic heterocycles. The van der Waals surface area contributed by atoms with Gasteiger partial charge in [0.2, 0.25) is 14.3 Å². The van der Waals surface area contributed by atoms with E-state index in [-0.39, 0.29) is 36.8 Å². The molecule has 208 valence electrons. The normalized spacial score (nSPS) is 28.3. The minimum atomic E-state index is -3.42. The highest BCUT2D eigenvalue weighted by molar-refractivity contribution is 6.72. The van der Waals surface area contributed by atoms with E-state index in [0.717, 1.165) is 12.8 Å². The number of amides is 3. The zero-order valence-electron chi connectivity index (χ0n) is 22.8. The van der Waals surface area contributed by atoms with E-state index in [0.29, 0.717) is 29.0 Å². The molecule has 2 aromatic carbocycles. The number of carbonyl (C=O) groups is 3. The van der Waals surface area contributed by atoms with Crippen molar-refractivity contribution in [3.63, 3.8) is 0 Å². The number of hydrogen-bond acceptors (Lipinski definition) is 5. The van der Waals surface area contributed by atoms with Crippen LogP contribution in [0.3, 0.4) is 0 Å². The van der Waals surface area contributed by atoms with Gasteiger partial charge in [-0.25, -0.2) is 0 Å². The smallest absolute Gasteiger partial charge is 0.264 e. The molecular weight excluding hydrogens is 517 g/mol. The lowest BCUT2D eigenvalue weighted by Gasteiger charge is -2.31. The number of aliphatic hydroxyl groups excluding tert-OH is 1. The second-order valence-corrected chi connectivity index (χ2v) is 15.3. The monoisotopic (exact) mass is 553 g/mol. The van der Waals surface area contributed by atoms with Crippen LogP contribution in [0.4, 0.5) is 15.5 Å². The summed E-state index contributed by atoms with van der Waals surface area (Å²) in [4.78, 5) is 43.2. The molecule has 2 fully saturated rings.